The number of nitrogens with one attached hydrogen (secondary N) is 1. The van der Waals surface area contributed by atoms with Crippen LogP contribution in [0.5, 0.6) is 0 Å². The van der Waals surface area contributed by atoms with Crippen molar-refractivity contribution in [1.29, 1.82) is 0 Å². The van der Waals surface area contributed by atoms with Gasteiger partial charge in [-0.2, -0.15) is 0 Å². The summed E-state index contributed by atoms with van der Waals surface area (Å²) in [6.07, 6.45) is 1.46. The molecule has 0 saturated carbocycles. The Morgan fingerprint density at radius 2 is 1.61 bits per heavy atom. The lowest BCUT2D eigenvalue weighted by Gasteiger charge is -2.32. The van der Waals surface area contributed by atoms with E-state index in [2.05, 4.69) is 11.4 Å². The number of carbonyl (C=O) groups excluding carboxylic acids is 2. The molecule has 0 radical (unpaired) electrons. The van der Waals surface area contributed by atoms with Crippen LogP contribution < -0.4 is 5.32 Å². The first-order valence-electron chi connectivity index (χ1n) is 11.4. The maximum atomic E-state index is 13.6. The number of aryl methyl sites for hydroxylation is 1. The van der Waals surface area contributed by atoms with E-state index in [0.29, 0.717) is 24.5 Å². The molecule has 1 N–H and O–H groups in total. The minimum absolute atomic E-state index is 0.105. The number of nitrogens with zero attached hydrogens (tertiary/aromatic N) is 1. The summed E-state index contributed by atoms with van der Waals surface area (Å²) in [4.78, 5) is 28.6. The van der Waals surface area contributed by atoms with Crippen molar-refractivity contribution in [1.82, 2.24) is 10.2 Å². The monoisotopic (exact) mass is 462 g/mol. The van der Waals surface area contributed by atoms with Gasteiger partial charge in [0.15, 0.2) is 0 Å². The van der Waals surface area contributed by atoms with Gasteiger partial charge in [0, 0.05) is 24.5 Å². The smallest absolute Gasteiger partial charge is 0.243 e. The van der Waals surface area contributed by atoms with E-state index in [1.165, 1.54) is 0 Å². The van der Waals surface area contributed by atoms with Gasteiger partial charge in [-0.05, 0) is 42.2 Å². The first-order valence-corrected chi connectivity index (χ1v) is 11.7. The topological polar surface area (TPSA) is 49.4 Å². The first kappa shape index (κ1) is 24.5. The molecule has 0 bridgehead atoms. The van der Waals surface area contributed by atoms with E-state index in [1.807, 2.05) is 74.5 Å². The van der Waals surface area contributed by atoms with Crippen LogP contribution in [0.1, 0.15) is 35.6 Å². The minimum Gasteiger partial charge on any atom is -0.354 e. The lowest BCUT2D eigenvalue weighted by Crippen LogP contribution is -2.51. The zero-order valence-corrected chi connectivity index (χ0v) is 20.0. The highest BCUT2D eigenvalue weighted by Gasteiger charge is 2.30. The van der Waals surface area contributed by atoms with E-state index in [9.17, 15) is 9.59 Å². The molecule has 0 saturated heterocycles. The lowest BCUT2D eigenvalue weighted by atomic mass is 10.0. The average Bonchev–Trinajstić information content (AvgIpc) is 2.80. The summed E-state index contributed by atoms with van der Waals surface area (Å²) in [6.45, 7) is 4.97. The highest BCUT2D eigenvalue weighted by molar-refractivity contribution is 6.30. The number of halogens is 1. The van der Waals surface area contributed by atoms with E-state index >= 15 is 0 Å². The van der Waals surface area contributed by atoms with Gasteiger partial charge in [-0.15, -0.1) is 0 Å². The molecule has 1 atom stereocenters. The molecule has 0 heterocycles. The van der Waals surface area contributed by atoms with Crippen molar-refractivity contribution >= 4 is 23.4 Å². The number of benzene rings is 3. The molecule has 0 unspecified atom stereocenters. The van der Waals surface area contributed by atoms with E-state index in [1.54, 1.807) is 17.0 Å². The first-order chi connectivity index (χ1) is 16.0. The van der Waals surface area contributed by atoms with Gasteiger partial charge in [0.2, 0.25) is 11.8 Å². The Hall–Kier alpha value is -3.11. The normalized spacial score (nSPS) is 11.6. The van der Waals surface area contributed by atoms with Crippen LogP contribution in [0.2, 0.25) is 5.02 Å². The molecule has 0 aromatic heterocycles. The fourth-order valence-electron chi connectivity index (χ4n) is 3.85. The number of carbonyl (C=O) groups is 2. The number of hydrogen-bond acceptors (Lipinski definition) is 2. The molecule has 3 aromatic carbocycles. The summed E-state index contributed by atoms with van der Waals surface area (Å²) >= 11 is 6.14. The summed E-state index contributed by atoms with van der Waals surface area (Å²) in [5, 5.41) is 3.59. The van der Waals surface area contributed by atoms with Gasteiger partial charge in [0.25, 0.3) is 0 Å². The predicted octanol–water partition coefficient (Wildman–Crippen LogP) is 5.36. The van der Waals surface area contributed by atoms with Crippen LogP contribution >= 0.6 is 11.6 Å². The van der Waals surface area contributed by atoms with Crippen molar-refractivity contribution in [3.63, 3.8) is 0 Å². The minimum atomic E-state index is -0.619. The second-order valence-corrected chi connectivity index (χ2v) is 8.75. The SMILES string of the molecule is CCCNC(=O)[C@@H](Cc1ccccc1)N(Cc1cccc(C)c1)C(=O)Cc1cccc(Cl)c1. The molecular formula is C28H31ClN2O2. The van der Waals surface area contributed by atoms with Crippen LogP contribution in [0, 0.1) is 6.92 Å². The largest absolute Gasteiger partial charge is 0.354 e. The molecule has 0 fully saturated rings. The van der Waals surface area contributed by atoms with Crippen LogP contribution in [-0.2, 0) is 29.0 Å². The Bertz CT molecular complexity index is 1070. The zero-order valence-electron chi connectivity index (χ0n) is 19.3. The molecule has 33 heavy (non-hydrogen) atoms. The van der Waals surface area contributed by atoms with E-state index in [4.69, 9.17) is 11.6 Å². The second-order valence-electron chi connectivity index (χ2n) is 8.31. The molecule has 3 rings (SSSR count). The van der Waals surface area contributed by atoms with E-state index < -0.39 is 6.04 Å². The molecule has 0 aliphatic rings. The molecule has 5 heteroatoms. The third-order valence-electron chi connectivity index (χ3n) is 5.50. The third kappa shape index (κ3) is 7.47. The Morgan fingerprint density at radius 1 is 0.909 bits per heavy atom. The van der Waals surface area contributed by atoms with Crippen molar-refractivity contribution in [3.8, 4) is 0 Å². The average molecular weight is 463 g/mol. The predicted molar refractivity (Wildman–Crippen MR) is 134 cm³/mol. The molecule has 0 aliphatic heterocycles. The molecule has 3 aromatic rings. The number of amides is 2. The van der Waals surface area contributed by atoms with E-state index in [0.717, 1.165) is 28.7 Å². The molecule has 0 spiro atoms. The van der Waals surface area contributed by atoms with Crippen molar-refractivity contribution in [2.45, 2.75) is 45.7 Å². The summed E-state index contributed by atoms with van der Waals surface area (Å²) in [5.41, 5.74) is 3.95. The van der Waals surface area contributed by atoms with Crippen LogP contribution in [0.3, 0.4) is 0 Å². The Kier molecular flexibility index (Phi) is 9.08. The summed E-state index contributed by atoms with van der Waals surface area (Å²) in [6, 6.07) is 24.6. The Balaban J connectivity index is 1.95. The van der Waals surface area contributed by atoms with Crippen LogP contribution in [0.15, 0.2) is 78.9 Å². The van der Waals surface area contributed by atoms with Crippen molar-refractivity contribution < 1.29 is 9.59 Å². The molecular weight excluding hydrogens is 432 g/mol. The standard InChI is InChI=1S/C28H31ClN2O2/c1-3-15-30-28(33)26(18-22-10-5-4-6-11-22)31(20-24-13-7-9-21(2)16-24)27(32)19-23-12-8-14-25(29)17-23/h4-14,16-17,26H,3,15,18-20H2,1-2H3,(H,30,33)/t26-/m1/s1. The Labute approximate surface area is 201 Å². The van der Waals surface area contributed by atoms with Crippen molar-refractivity contribution in [2.75, 3.05) is 6.54 Å². The Morgan fingerprint density at radius 3 is 2.30 bits per heavy atom. The lowest BCUT2D eigenvalue weighted by molar-refractivity contribution is -0.140. The quantitative estimate of drug-likeness (QED) is 0.441. The fraction of sp³-hybridized carbons (Fsp3) is 0.286. The van der Waals surface area contributed by atoms with Crippen LogP contribution in [0.4, 0.5) is 0 Å². The summed E-state index contributed by atoms with van der Waals surface area (Å²) in [5.74, 6) is -0.237. The van der Waals surface area contributed by atoms with Gasteiger partial charge in [-0.3, -0.25) is 9.59 Å². The highest BCUT2D eigenvalue weighted by atomic mass is 35.5. The molecule has 4 nitrogen and oxygen atoms in total. The van der Waals surface area contributed by atoms with Crippen molar-refractivity contribution in [2.24, 2.45) is 0 Å². The highest BCUT2D eigenvalue weighted by Crippen LogP contribution is 2.18. The van der Waals surface area contributed by atoms with Crippen LogP contribution in [0.25, 0.3) is 0 Å². The molecule has 0 aliphatic carbocycles. The number of hydrogen-bond donors (Lipinski definition) is 1. The van der Waals surface area contributed by atoms with Gasteiger partial charge in [0.1, 0.15) is 6.04 Å². The van der Waals surface area contributed by atoms with E-state index in [-0.39, 0.29) is 18.2 Å². The second kappa shape index (κ2) is 12.2. The van der Waals surface area contributed by atoms with Gasteiger partial charge in [-0.25, -0.2) is 0 Å². The van der Waals surface area contributed by atoms with Gasteiger partial charge < -0.3 is 10.2 Å². The third-order valence-corrected chi connectivity index (χ3v) is 5.74. The zero-order chi connectivity index (χ0) is 23.6. The van der Waals surface area contributed by atoms with Gasteiger partial charge in [-0.1, -0.05) is 90.8 Å². The van der Waals surface area contributed by atoms with Crippen LogP contribution in [-0.4, -0.2) is 29.3 Å². The maximum absolute atomic E-state index is 13.6. The number of rotatable bonds is 10. The molecule has 172 valence electrons. The van der Waals surface area contributed by atoms with Gasteiger partial charge in [0.05, 0.1) is 6.42 Å². The summed E-state index contributed by atoms with van der Waals surface area (Å²) in [7, 11) is 0. The maximum Gasteiger partial charge on any atom is 0.243 e. The fourth-order valence-corrected chi connectivity index (χ4v) is 4.06. The van der Waals surface area contributed by atoms with Crippen molar-refractivity contribution in [3.05, 3.63) is 106 Å². The summed E-state index contributed by atoms with van der Waals surface area (Å²) < 4.78 is 0. The van der Waals surface area contributed by atoms with Gasteiger partial charge >= 0.3 is 0 Å². The molecule has 2 amide bonds.